The van der Waals surface area contributed by atoms with Crippen LogP contribution >= 0.6 is 23.5 Å². The smallest absolute Gasteiger partial charge is 0.503 e. The maximum Gasteiger partial charge on any atom is 0.678 e. The molecule has 0 saturated heterocycles. The van der Waals surface area contributed by atoms with Crippen LogP contribution in [0.3, 0.4) is 0 Å². The van der Waals surface area contributed by atoms with Crippen molar-refractivity contribution in [3.63, 3.8) is 0 Å². The van der Waals surface area contributed by atoms with Gasteiger partial charge in [0.15, 0.2) is 5.75 Å². The zero-order valence-corrected chi connectivity index (χ0v) is 38.6. The average molecular weight is 923 g/mol. The van der Waals surface area contributed by atoms with E-state index >= 15 is 8.63 Å². The molecule has 0 bridgehead atoms. The molecule has 332 valence electrons. The Morgan fingerprint density at radius 3 is 1.78 bits per heavy atom. The SMILES string of the molecule is CCCCN1c2ccccc2Sc2cc(/C=C/C3=NC(=C(/c4ccc(-c5c(O)c(=O)c5=O)cc4)c4ccc(/C=C/c5ccc6c(c5)Sc5ccccc5N6CCCC)n4B(F)F)/C=C3)ccc21. The highest BCUT2D eigenvalue weighted by Crippen LogP contribution is 2.50. The van der Waals surface area contributed by atoms with Gasteiger partial charge >= 0.3 is 7.40 Å². The van der Waals surface area contributed by atoms with Crippen LogP contribution in [0.2, 0.25) is 0 Å². The number of fused-ring (bicyclic) bond motifs is 4. The fourth-order valence-corrected chi connectivity index (χ4v) is 11.2. The molecule has 1 N–H and O–H groups in total. The quantitative estimate of drug-likeness (QED) is 0.0860. The molecule has 7 aromatic rings. The van der Waals surface area contributed by atoms with Gasteiger partial charge in [-0.1, -0.05) is 123 Å². The minimum Gasteiger partial charge on any atom is -0.503 e. The number of para-hydroxylation sites is 2. The number of aromatic nitrogens is 1. The van der Waals surface area contributed by atoms with Crippen molar-refractivity contribution in [2.75, 3.05) is 22.9 Å². The number of anilines is 4. The van der Waals surface area contributed by atoms with Gasteiger partial charge in [-0.15, -0.1) is 0 Å². The lowest BCUT2D eigenvalue weighted by Gasteiger charge is -2.33. The number of nitrogens with zero attached hydrogens (tertiary/aromatic N) is 4. The number of rotatable bonds is 14. The van der Waals surface area contributed by atoms with Crippen LogP contribution in [0.25, 0.3) is 34.9 Å². The van der Waals surface area contributed by atoms with Gasteiger partial charge in [0.25, 0.3) is 5.43 Å². The van der Waals surface area contributed by atoms with Crippen LogP contribution in [-0.2, 0) is 0 Å². The second kappa shape index (κ2) is 18.8. The molecule has 0 aliphatic carbocycles. The van der Waals surface area contributed by atoms with Gasteiger partial charge in [-0.25, -0.2) is 4.99 Å². The van der Waals surface area contributed by atoms with Crippen molar-refractivity contribution in [1.29, 1.82) is 0 Å². The first kappa shape index (κ1) is 44.0. The van der Waals surface area contributed by atoms with E-state index in [2.05, 4.69) is 96.4 Å². The summed E-state index contributed by atoms with van der Waals surface area (Å²) < 4.78 is 31.9. The monoisotopic (exact) mass is 922 g/mol. The van der Waals surface area contributed by atoms with Crippen molar-refractivity contribution < 1.29 is 13.7 Å². The minimum atomic E-state index is -2.90. The van der Waals surface area contributed by atoms with Crippen LogP contribution in [0.5, 0.6) is 5.75 Å². The standard InChI is InChI=1S/C55H45BF2N4O3S2/c1-3-5-31-60-42-11-7-9-13-47(42)66-49-33-35(17-28-44(49)60)15-23-39-24-27-41(59-39)51(37-19-21-38(22-20-37)52-53(63)55(65)54(52)64)46-30-26-40(62(46)56(57)58)25-16-36-18-29-45-50(34-36)67-48-14-10-8-12-43(48)61(45)32-6-4-2/h7-30,33-34,63H,3-6,31-32H2,1-2H3/b23-15+,25-16+,51-41-. The number of unbranched alkanes of at least 4 members (excludes halogenated alkanes) is 2. The van der Waals surface area contributed by atoms with Crippen molar-refractivity contribution in [2.45, 2.75) is 59.1 Å². The van der Waals surface area contributed by atoms with Crippen molar-refractivity contribution in [3.8, 4) is 16.9 Å². The number of aromatic hydroxyl groups is 1. The van der Waals surface area contributed by atoms with Gasteiger partial charge in [-0.2, -0.15) is 0 Å². The average Bonchev–Trinajstić information content (AvgIpc) is 4.01. The molecule has 0 fully saturated rings. The van der Waals surface area contributed by atoms with Crippen molar-refractivity contribution in [3.05, 3.63) is 194 Å². The molecule has 0 amide bonds. The maximum absolute atomic E-state index is 15.5. The molecule has 10 rings (SSSR count). The highest BCUT2D eigenvalue weighted by Gasteiger charge is 2.29. The molecule has 3 aliphatic rings. The third-order valence-corrected chi connectivity index (χ3v) is 14.6. The summed E-state index contributed by atoms with van der Waals surface area (Å²) in [6.07, 6.45) is 15.5. The maximum atomic E-state index is 15.5. The van der Waals surface area contributed by atoms with Crippen LogP contribution in [0.4, 0.5) is 31.4 Å². The summed E-state index contributed by atoms with van der Waals surface area (Å²) in [5.41, 5.74) is 7.93. The Bertz CT molecular complexity index is 3290. The topological polar surface area (TPSA) is 78.1 Å². The van der Waals surface area contributed by atoms with E-state index in [1.165, 1.54) is 31.7 Å². The Kier molecular flexibility index (Phi) is 12.3. The van der Waals surface area contributed by atoms with Crippen LogP contribution in [0.1, 0.15) is 67.6 Å². The first-order valence-electron chi connectivity index (χ1n) is 22.6. The Balaban J connectivity index is 0.990. The largest absolute Gasteiger partial charge is 0.678 e. The van der Waals surface area contributed by atoms with Crippen LogP contribution in [0.15, 0.2) is 179 Å². The number of benzene rings is 5. The van der Waals surface area contributed by atoms with Crippen molar-refractivity contribution in [2.24, 2.45) is 4.99 Å². The number of hydrogen-bond donors (Lipinski definition) is 1. The summed E-state index contributed by atoms with van der Waals surface area (Å²) in [5.74, 6) is -0.577. The van der Waals surface area contributed by atoms with E-state index in [0.717, 1.165) is 65.0 Å². The number of aliphatic imine (C=N–C) groups is 1. The lowest BCUT2D eigenvalue weighted by atomic mass is 9.94. The van der Waals surface area contributed by atoms with E-state index in [0.29, 0.717) is 33.8 Å². The molecule has 3 aliphatic heterocycles. The zero-order chi connectivity index (χ0) is 46.2. The summed E-state index contributed by atoms with van der Waals surface area (Å²) in [5, 5.41) is 10.2. The number of allylic oxidation sites excluding steroid dienone is 3. The third kappa shape index (κ3) is 8.44. The van der Waals surface area contributed by atoms with Crippen molar-refractivity contribution in [1.82, 2.24) is 4.48 Å². The predicted octanol–water partition coefficient (Wildman–Crippen LogP) is 13.7. The van der Waals surface area contributed by atoms with Gasteiger partial charge in [-0.3, -0.25) is 18.2 Å². The van der Waals surface area contributed by atoms with Crippen molar-refractivity contribution >= 4 is 83.2 Å². The first-order valence-corrected chi connectivity index (χ1v) is 24.2. The van der Waals surface area contributed by atoms with E-state index in [1.54, 1.807) is 66.0 Å². The van der Waals surface area contributed by atoms with Crippen LogP contribution in [-0.4, -0.2) is 35.8 Å². The molecule has 1 aromatic heterocycles. The molecule has 0 atom stereocenters. The van der Waals surface area contributed by atoms with E-state index < -0.39 is 24.0 Å². The first-order chi connectivity index (χ1) is 32.7. The summed E-state index contributed by atoms with van der Waals surface area (Å²) >= 11 is 3.48. The number of halogens is 2. The summed E-state index contributed by atoms with van der Waals surface area (Å²) in [7, 11) is -2.90. The van der Waals surface area contributed by atoms with Gasteiger partial charge < -0.3 is 19.4 Å². The molecule has 0 radical (unpaired) electrons. The molecular weight excluding hydrogens is 878 g/mol. The summed E-state index contributed by atoms with van der Waals surface area (Å²) in [4.78, 5) is 38.6. The zero-order valence-electron chi connectivity index (χ0n) is 37.0. The van der Waals surface area contributed by atoms with Crippen LogP contribution < -0.4 is 20.7 Å². The third-order valence-electron chi connectivity index (χ3n) is 12.3. The Labute approximate surface area is 397 Å². The fraction of sp³-hybridized carbons (Fsp3) is 0.145. The van der Waals surface area contributed by atoms with Gasteiger partial charge in [0.1, 0.15) is 0 Å². The molecule has 67 heavy (non-hydrogen) atoms. The lowest BCUT2D eigenvalue weighted by molar-refractivity contribution is 0.465. The summed E-state index contributed by atoms with van der Waals surface area (Å²) in [6.45, 7) is 6.23. The molecule has 0 unspecified atom stereocenters. The normalized spacial score (nSPS) is 14.7. The lowest BCUT2D eigenvalue weighted by Crippen LogP contribution is -2.31. The second-order valence-corrected chi connectivity index (χ2v) is 18.8. The molecule has 0 spiro atoms. The highest BCUT2D eigenvalue weighted by atomic mass is 32.2. The highest BCUT2D eigenvalue weighted by molar-refractivity contribution is 8.00. The fourth-order valence-electron chi connectivity index (χ4n) is 8.89. The molecule has 0 saturated carbocycles. The van der Waals surface area contributed by atoms with Gasteiger partial charge in [-0.05, 0) is 120 Å². The Hall–Kier alpha value is -6.89. The van der Waals surface area contributed by atoms with E-state index in [1.807, 2.05) is 42.5 Å². The van der Waals surface area contributed by atoms with Gasteiger partial charge in [0.2, 0.25) is 5.43 Å². The van der Waals surface area contributed by atoms with Gasteiger partial charge in [0.05, 0.1) is 39.7 Å². The van der Waals surface area contributed by atoms with E-state index in [9.17, 15) is 14.7 Å². The molecule has 7 nitrogen and oxygen atoms in total. The summed E-state index contributed by atoms with van der Waals surface area (Å²) in [6, 6.07) is 39.6. The predicted molar refractivity (Wildman–Crippen MR) is 275 cm³/mol. The number of hydrogen-bond acceptors (Lipinski definition) is 8. The molecule has 6 aromatic carbocycles. The minimum absolute atomic E-state index is 0.0581. The second-order valence-electron chi connectivity index (χ2n) is 16.7. The van der Waals surface area contributed by atoms with E-state index in [4.69, 9.17) is 4.99 Å². The van der Waals surface area contributed by atoms with Gasteiger partial charge in [0, 0.05) is 49.6 Å². The molecule has 12 heteroatoms. The van der Waals surface area contributed by atoms with Crippen LogP contribution in [0, 0.1) is 0 Å². The molecule has 4 heterocycles. The Morgan fingerprint density at radius 1 is 0.642 bits per heavy atom. The molecular formula is C55H45BF2N4O3S2. The Morgan fingerprint density at radius 2 is 1.21 bits per heavy atom. The van der Waals surface area contributed by atoms with E-state index in [-0.39, 0.29) is 11.3 Å².